The molecular weight excluding hydrogens is 633 g/mol. The lowest BCUT2D eigenvalue weighted by Gasteiger charge is -2.25. The Labute approximate surface area is 261 Å². The van der Waals surface area contributed by atoms with Crippen molar-refractivity contribution in [3.63, 3.8) is 0 Å². The van der Waals surface area contributed by atoms with Crippen LogP contribution in [0.25, 0.3) is 0 Å². The Morgan fingerprint density at radius 1 is 0.791 bits per heavy atom. The van der Waals surface area contributed by atoms with Gasteiger partial charge in [-0.05, 0) is 48.7 Å². The van der Waals surface area contributed by atoms with E-state index < -0.39 is 20.4 Å². The number of aryl methyl sites for hydroxylation is 2. The van der Waals surface area contributed by atoms with Crippen LogP contribution in [0.2, 0.25) is 0 Å². The molecule has 0 aromatic carbocycles. The number of aromatic nitrogens is 4. The van der Waals surface area contributed by atoms with E-state index >= 15 is 0 Å². The summed E-state index contributed by atoms with van der Waals surface area (Å²) in [4.78, 5) is 10.7. The number of hydrogen-bond donors (Lipinski definition) is 0. The second-order valence-electron chi connectivity index (χ2n) is 10.2. The lowest BCUT2D eigenvalue weighted by Crippen LogP contribution is -2.32. The van der Waals surface area contributed by atoms with Crippen LogP contribution in [-0.4, -0.2) is 84.8 Å². The largest absolute Gasteiger partial charge is 0.367 e. The molecule has 4 aromatic heterocycles. The van der Waals surface area contributed by atoms with Crippen LogP contribution in [0, 0.1) is 13.8 Å². The number of imidazole rings is 2. The van der Waals surface area contributed by atoms with Crippen molar-refractivity contribution in [2.45, 2.75) is 46.3 Å². The molecule has 0 spiro atoms. The van der Waals surface area contributed by atoms with Crippen LogP contribution >= 0.6 is 22.7 Å². The van der Waals surface area contributed by atoms with E-state index in [4.69, 9.17) is 9.47 Å². The van der Waals surface area contributed by atoms with Gasteiger partial charge >= 0.3 is 20.4 Å². The molecule has 236 valence electrons. The summed E-state index contributed by atoms with van der Waals surface area (Å²) in [6.07, 6.45) is 4.17. The van der Waals surface area contributed by atoms with Crippen molar-refractivity contribution >= 4 is 43.1 Å². The zero-order chi connectivity index (χ0) is 30.4. The molecule has 12 nitrogen and oxygen atoms in total. The topological polar surface area (TPSA) is 129 Å². The zero-order valence-corrected chi connectivity index (χ0v) is 27.5. The highest BCUT2D eigenvalue weighted by Crippen LogP contribution is 2.38. The van der Waals surface area contributed by atoms with Gasteiger partial charge in [0.15, 0.2) is 0 Å². The molecule has 43 heavy (non-hydrogen) atoms. The summed E-state index contributed by atoms with van der Waals surface area (Å²) in [5.74, 6) is 0.871. The molecule has 16 heteroatoms. The predicted octanol–water partition coefficient (Wildman–Crippen LogP) is 3.78. The highest BCUT2D eigenvalue weighted by molar-refractivity contribution is 7.87. The molecule has 0 saturated carbocycles. The molecule has 2 atom stereocenters. The van der Waals surface area contributed by atoms with Gasteiger partial charge in [0.1, 0.15) is 23.9 Å². The number of nitrogens with zero attached hydrogens (tertiary/aromatic N) is 6. The lowest BCUT2D eigenvalue weighted by molar-refractivity contribution is 0.0677. The first-order valence-electron chi connectivity index (χ1n) is 13.2. The molecule has 6 heterocycles. The Balaban J connectivity index is 0.000000192. The van der Waals surface area contributed by atoms with Crippen molar-refractivity contribution in [3.05, 3.63) is 79.2 Å². The van der Waals surface area contributed by atoms with Crippen LogP contribution in [0.4, 0.5) is 0 Å². The van der Waals surface area contributed by atoms with Crippen LogP contribution in [0.5, 0.6) is 0 Å². The van der Waals surface area contributed by atoms with Crippen molar-refractivity contribution in [2.24, 2.45) is 0 Å². The van der Waals surface area contributed by atoms with E-state index in [1.807, 2.05) is 16.8 Å². The number of ether oxygens (including phenoxy) is 2. The molecule has 2 aliphatic heterocycles. The van der Waals surface area contributed by atoms with Gasteiger partial charge in [0, 0.05) is 49.9 Å². The van der Waals surface area contributed by atoms with Gasteiger partial charge in [0.2, 0.25) is 0 Å². The van der Waals surface area contributed by atoms with E-state index in [1.165, 1.54) is 55.2 Å². The molecular formula is C27H38N6O6S4. The molecule has 2 aliphatic rings. The van der Waals surface area contributed by atoms with E-state index in [0.29, 0.717) is 36.3 Å². The van der Waals surface area contributed by atoms with Gasteiger partial charge in [-0.25, -0.2) is 17.9 Å². The van der Waals surface area contributed by atoms with Crippen molar-refractivity contribution in [3.8, 4) is 0 Å². The molecule has 0 N–H and O–H groups in total. The average Bonchev–Trinajstić information content (AvgIpc) is 3.74. The number of rotatable bonds is 6. The van der Waals surface area contributed by atoms with Gasteiger partial charge in [-0.1, -0.05) is 7.43 Å². The van der Waals surface area contributed by atoms with E-state index in [1.54, 1.807) is 48.9 Å². The Kier molecular flexibility index (Phi) is 10.0. The first kappa shape index (κ1) is 33.5. The van der Waals surface area contributed by atoms with Crippen molar-refractivity contribution in [1.29, 1.82) is 0 Å². The highest BCUT2D eigenvalue weighted by Gasteiger charge is 2.33. The second-order valence-corrected chi connectivity index (χ2v) is 16.1. The van der Waals surface area contributed by atoms with E-state index in [-0.39, 0.29) is 19.6 Å². The van der Waals surface area contributed by atoms with Crippen molar-refractivity contribution in [2.75, 3.05) is 41.4 Å². The predicted molar refractivity (Wildman–Crippen MR) is 168 cm³/mol. The van der Waals surface area contributed by atoms with Crippen molar-refractivity contribution in [1.82, 2.24) is 26.5 Å². The molecule has 4 aromatic rings. The van der Waals surface area contributed by atoms with Crippen LogP contribution in [0.15, 0.2) is 35.3 Å². The van der Waals surface area contributed by atoms with Gasteiger partial charge in [0.05, 0.1) is 37.0 Å². The minimum Gasteiger partial charge on any atom is -0.367 e. The fourth-order valence-corrected chi connectivity index (χ4v) is 9.07. The Hall–Kier alpha value is -2.44. The molecule has 2 unspecified atom stereocenters. The number of thiophene rings is 2. The normalized spacial score (nSPS) is 18.5. The Bertz CT molecular complexity index is 1650. The molecule has 0 fully saturated rings. The third-order valence-corrected chi connectivity index (χ3v) is 12.8. The minimum absolute atomic E-state index is 0. The maximum atomic E-state index is 12.5. The zero-order valence-electron chi connectivity index (χ0n) is 24.2. The van der Waals surface area contributed by atoms with Gasteiger partial charge in [-0.3, -0.25) is 0 Å². The number of hydrogen-bond acceptors (Lipinski definition) is 10. The Morgan fingerprint density at radius 2 is 1.30 bits per heavy atom. The third kappa shape index (κ3) is 6.11. The summed E-state index contributed by atoms with van der Waals surface area (Å²) in [6, 6.07) is 4.07. The number of fused-ring (bicyclic) bond motifs is 2. The maximum absolute atomic E-state index is 12.5. The van der Waals surface area contributed by atoms with Crippen LogP contribution < -0.4 is 0 Å². The molecule has 0 aliphatic carbocycles. The average molecular weight is 671 g/mol. The van der Waals surface area contributed by atoms with Crippen molar-refractivity contribution < 1.29 is 26.3 Å². The molecule has 0 bridgehead atoms. The van der Waals surface area contributed by atoms with Gasteiger partial charge < -0.3 is 9.47 Å². The third-order valence-electron chi connectivity index (χ3n) is 7.10. The van der Waals surface area contributed by atoms with Crippen LogP contribution in [0.3, 0.4) is 0 Å². The first-order valence-corrected chi connectivity index (χ1v) is 17.7. The van der Waals surface area contributed by atoms with E-state index in [2.05, 4.69) is 16.0 Å². The lowest BCUT2D eigenvalue weighted by atomic mass is 10.0. The first-order chi connectivity index (χ1) is 19.9. The second kappa shape index (κ2) is 12.9. The standard InChI is InChI=1S/2C13H17N3O3S2.CH4/c1-9-14-8-11(16(9)21(17,18)15(2)3)13-10-5-7-20-12(10)4-6-19-13;1-9-14-8-11(16(9)21(17,18)15(2)3)12-13-10(4-6-19-12)5-7-20-13;/h5,7-8,13H,4,6H2,1-3H3;5,7-8,12H,4,6H2,1-3H3;1H4. The van der Waals surface area contributed by atoms with Crippen LogP contribution in [-0.2, 0) is 42.7 Å². The monoisotopic (exact) mass is 670 g/mol. The Morgan fingerprint density at radius 3 is 1.88 bits per heavy atom. The summed E-state index contributed by atoms with van der Waals surface area (Å²) in [7, 11) is -1.19. The van der Waals surface area contributed by atoms with E-state index in [0.717, 1.165) is 23.3 Å². The summed E-state index contributed by atoms with van der Waals surface area (Å²) in [6.45, 7) is 4.54. The van der Waals surface area contributed by atoms with Crippen LogP contribution in [0.1, 0.15) is 63.6 Å². The molecule has 0 amide bonds. The van der Waals surface area contributed by atoms with Gasteiger partial charge in [-0.2, -0.15) is 25.4 Å². The SMILES string of the molecule is C.Cc1ncc(C2OCCc3ccsc32)n1S(=O)(=O)N(C)C.Cc1ncc(C2OCCc3sccc32)n1S(=O)(=O)N(C)C. The minimum atomic E-state index is -3.62. The summed E-state index contributed by atoms with van der Waals surface area (Å²) in [5.41, 5.74) is 3.38. The summed E-state index contributed by atoms with van der Waals surface area (Å²) in [5, 5.41) is 4.03. The molecule has 0 radical (unpaired) electrons. The van der Waals surface area contributed by atoms with Gasteiger partial charge in [-0.15, -0.1) is 22.7 Å². The smallest absolute Gasteiger partial charge is 0.308 e. The fraction of sp³-hybridized carbons (Fsp3) is 0.481. The summed E-state index contributed by atoms with van der Waals surface area (Å²) >= 11 is 3.27. The summed E-state index contributed by atoms with van der Waals surface area (Å²) < 4.78 is 66.7. The van der Waals surface area contributed by atoms with E-state index in [9.17, 15) is 16.8 Å². The fourth-order valence-electron chi connectivity index (χ4n) is 4.94. The quantitative estimate of drug-likeness (QED) is 0.303. The highest BCUT2D eigenvalue weighted by atomic mass is 32.2. The molecule has 0 saturated heterocycles. The molecule has 6 rings (SSSR count). The maximum Gasteiger partial charge on any atom is 0.308 e. The van der Waals surface area contributed by atoms with Gasteiger partial charge in [0.25, 0.3) is 0 Å².